The fourth-order valence-electron chi connectivity index (χ4n) is 2.78. The van der Waals surface area contributed by atoms with E-state index in [1.54, 1.807) is 29.7 Å². The van der Waals surface area contributed by atoms with Gasteiger partial charge in [0.15, 0.2) is 0 Å². The molecule has 7 heteroatoms. The van der Waals surface area contributed by atoms with Crippen LogP contribution in [-0.4, -0.2) is 13.0 Å². The number of benzene rings is 2. The Morgan fingerprint density at radius 2 is 1.72 bits per heavy atom. The molecule has 0 spiro atoms. The lowest BCUT2D eigenvalue weighted by Crippen LogP contribution is -2.26. The second kappa shape index (κ2) is 6.74. The molecule has 0 aliphatic rings. The van der Waals surface area contributed by atoms with Crippen LogP contribution in [0.5, 0.6) is 0 Å². The lowest BCUT2D eigenvalue weighted by atomic mass is 10.1. The molecule has 1 aromatic heterocycles. The van der Waals surface area contributed by atoms with E-state index in [0.29, 0.717) is 4.70 Å². The summed E-state index contributed by atoms with van der Waals surface area (Å²) in [6.07, 6.45) is 0. The zero-order valence-corrected chi connectivity index (χ0v) is 15.9. The minimum absolute atomic E-state index is 0.0277. The zero-order chi connectivity index (χ0) is 18.2. The number of thiazole rings is 1. The van der Waals surface area contributed by atoms with Crippen LogP contribution >= 0.6 is 11.3 Å². The van der Waals surface area contributed by atoms with Crippen LogP contribution in [0, 0.1) is 0 Å². The van der Waals surface area contributed by atoms with Gasteiger partial charge in [0.1, 0.15) is 0 Å². The molecular formula is C18H20N2O3S2. The summed E-state index contributed by atoms with van der Waals surface area (Å²) in [4.78, 5) is 12.2. The predicted octanol–water partition coefficient (Wildman–Crippen LogP) is 3.68. The fourth-order valence-corrected chi connectivity index (χ4v) is 5.17. The summed E-state index contributed by atoms with van der Waals surface area (Å²) >= 11 is 1.07. The highest BCUT2D eigenvalue weighted by Crippen LogP contribution is 2.25. The lowest BCUT2D eigenvalue weighted by molar-refractivity contribution is 0.567. The summed E-state index contributed by atoms with van der Waals surface area (Å²) < 4.78 is 30.4. The van der Waals surface area contributed by atoms with E-state index in [1.807, 2.05) is 44.2 Å². The van der Waals surface area contributed by atoms with Crippen molar-refractivity contribution in [3.63, 3.8) is 0 Å². The van der Waals surface area contributed by atoms with Gasteiger partial charge in [0, 0.05) is 12.1 Å². The third kappa shape index (κ3) is 3.53. The van der Waals surface area contributed by atoms with Crippen molar-refractivity contribution in [1.82, 2.24) is 9.29 Å². The van der Waals surface area contributed by atoms with E-state index in [2.05, 4.69) is 4.72 Å². The molecule has 0 radical (unpaired) electrons. The highest BCUT2D eigenvalue weighted by Gasteiger charge is 2.20. The summed E-state index contributed by atoms with van der Waals surface area (Å²) in [5, 5.41) is 0. The molecule has 0 saturated carbocycles. The molecule has 0 bridgehead atoms. The van der Waals surface area contributed by atoms with Crippen molar-refractivity contribution in [2.24, 2.45) is 0 Å². The molecule has 2 aromatic carbocycles. The van der Waals surface area contributed by atoms with Gasteiger partial charge in [-0.2, -0.15) is 0 Å². The van der Waals surface area contributed by atoms with E-state index in [1.165, 1.54) is 0 Å². The molecule has 3 rings (SSSR count). The number of sulfonamides is 1. The van der Waals surface area contributed by atoms with Gasteiger partial charge in [0.25, 0.3) is 0 Å². The summed E-state index contributed by atoms with van der Waals surface area (Å²) in [6.45, 7) is 5.67. The molecule has 0 aliphatic heterocycles. The van der Waals surface area contributed by atoms with E-state index in [4.69, 9.17) is 0 Å². The van der Waals surface area contributed by atoms with Crippen LogP contribution in [0.25, 0.3) is 10.2 Å². The third-order valence-electron chi connectivity index (χ3n) is 4.04. The quantitative estimate of drug-likeness (QED) is 0.738. The molecule has 0 saturated heterocycles. The summed E-state index contributed by atoms with van der Waals surface area (Å²) in [7, 11) is -3.68. The SMILES string of the molecule is CC(C)n1c(=O)sc2cc(S(=O)(=O)N[C@@H](C)c3ccccc3)ccc21. The van der Waals surface area contributed by atoms with Gasteiger partial charge in [0.2, 0.25) is 10.0 Å². The van der Waals surface area contributed by atoms with E-state index in [9.17, 15) is 13.2 Å². The monoisotopic (exact) mass is 376 g/mol. The normalized spacial score (nSPS) is 13.4. The average molecular weight is 377 g/mol. The van der Waals surface area contributed by atoms with Crippen molar-refractivity contribution in [2.75, 3.05) is 0 Å². The van der Waals surface area contributed by atoms with Crippen LogP contribution in [-0.2, 0) is 10.0 Å². The van der Waals surface area contributed by atoms with Gasteiger partial charge in [-0.15, -0.1) is 0 Å². The van der Waals surface area contributed by atoms with Crippen molar-refractivity contribution in [3.8, 4) is 0 Å². The number of aromatic nitrogens is 1. The van der Waals surface area contributed by atoms with Crippen LogP contribution < -0.4 is 9.60 Å². The van der Waals surface area contributed by atoms with Crippen LogP contribution in [0.2, 0.25) is 0 Å². The smallest absolute Gasteiger partial charge is 0.296 e. The van der Waals surface area contributed by atoms with E-state index in [-0.39, 0.29) is 21.9 Å². The molecule has 25 heavy (non-hydrogen) atoms. The van der Waals surface area contributed by atoms with Crippen molar-refractivity contribution < 1.29 is 8.42 Å². The predicted molar refractivity (Wildman–Crippen MR) is 102 cm³/mol. The summed E-state index contributed by atoms with van der Waals surface area (Å²) in [6, 6.07) is 13.9. The Bertz CT molecular complexity index is 1050. The Morgan fingerprint density at radius 3 is 2.36 bits per heavy atom. The zero-order valence-electron chi connectivity index (χ0n) is 14.3. The molecular weight excluding hydrogens is 356 g/mol. The molecule has 0 amide bonds. The molecule has 1 N–H and O–H groups in total. The second-order valence-electron chi connectivity index (χ2n) is 6.21. The fraction of sp³-hybridized carbons (Fsp3) is 0.278. The van der Waals surface area contributed by atoms with E-state index >= 15 is 0 Å². The number of fused-ring (bicyclic) bond motifs is 1. The number of rotatable bonds is 5. The van der Waals surface area contributed by atoms with Crippen LogP contribution in [0.1, 0.15) is 38.4 Å². The van der Waals surface area contributed by atoms with E-state index in [0.717, 1.165) is 22.4 Å². The summed E-state index contributed by atoms with van der Waals surface area (Å²) in [5.41, 5.74) is 1.66. The molecule has 0 fully saturated rings. The summed E-state index contributed by atoms with van der Waals surface area (Å²) in [5.74, 6) is 0. The van der Waals surface area contributed by atoms with Gasteiger partial charge in [-0.3, -0.25) is 9.36 Å². The van der Waals surface area contributed by atoms with Gasteiger partial charge < -0.3 is 0 Å². The number of hydrogen-bond acceptors (Lipinski definition) is 4. The first-order valence-corrected chi connectivity index (χ1v) is 10.3. The van der Waals surface area contributed by atoms with E-state index < -0.39 is 10.0 Å². The molecule has 1 atom stereocenters. The Labute approximate surface area is 151 Å². The Hall–Kier alpha value is -1.96. The highest BCUT2D eigenvalue weighted by atomic mass is 32.2. The van der Waals surface area contributed by atoms with Crippen LogP contribution in [0.3, 0.4) is 0 Å². The first-order valence-electron chi connectivity index (χ1n) is 8.02. The molecule has 1 heterocycles. The van der Waals surface area contributed by atoms with Crippen molar-refractivity contribution in [2.45, 2.75) is 37.8 Å². The van der Waals surface area contributed by atoms with Gasteiger partial charge in [-0.25, -0.2) is 13.1 Å². The first-order chi connectivity index (χ1) is 11.8. The maximum absolute atomic E-state index is 12.7. The largest absolute Gasteiger partial charge is 0.308 e. The molecule has 132 valence electrons. The molecule has 3 aromatic rings. The number of hydrogen-bond donors (Lipinski definition) is 1. The van der Waals surface area contributed by atoms with Crippen LogP contribution in [0.4, 0.5) is 0 Å². The minimum atomic E-state index is -3.68. The Morgan fingerprint density at radius 1 is 1.04 bits per heavy atom. The maximum Gasteiger partial charge on any atom is 0.308 e. The second-order valence-corrected chi connectivity index (χ2v) is 8.92. The number of nitrogens with one attached hydrogen (secondary N) is 1. The molecule has 0 aliphatic carbocycles. The Kier molecular flexibility index (Phi) is 4.81. The van der Waals surface area contributed by atoms with Gasteiger partial charge in [-0.05, 0) is 44.5 Å². The lowest BCUT2D eigenvalue weighted by Gasteiger charge is -2.15. The van der Waals surface area contributed by atoms with Crippen molar-refractivity contribution in [3.05, 3.63) is 63.8 Å². The first kappa shape index (κ1) is 17.8. The van der Waals surface area contributed by atoms with Gasteiger partial charge >= 0.3 is 4.87 Å². The molecule has 5 nitrogen and oxygen atoms in total. The topological polar surface area (TPSA) is 68.2 Å². The van der Waals surface area contributed by atoms with Crippen LogP contribution in [0.15, 0.2) is 58.2 Å². The van der Waals surface area contributed by atoms with Crippen molar-refractivity contribution in [1.29, 1.82) is 0 Å². The molecule has 0 unspecified atom stereocenters. The highest BCUT2D eigenvalue weighted by molar-refractivity contribution is 7.89. The maximum atomic E-state index is 12.7. The van der Waals surface area contributed by atoms with Crippen molar-refractivity contribution >= 4 is 31.6 Å². The third-order valence-corrected chi connectivity index (χ3v) is 6.50. The number of nitrogens with zero attached hydrogens (tertiary/aromatic N) is 1. The standard InChI is InChI=1S/C18H20N2O3S2/c1-12(2)20-16-10-9-15(11-17(16)24-18(20)21)25(22,23)19-13(3)14-7-5-4-6-8-14/h4-13,19H,1-3H3/t13-/m0/s1. The Balaban J connectivity index is 1.96. The van der Waals surface area contributed by atoms with Gasteiger partial charge in [0.05, 0.1) is 15.1 Å². The van der Waals surface area contributed by atoms with Gasteiger partial charge in [-0.1, -0.05) is 41.7 Å². The average Bonchev–Trinajstić information content (AvgIpc) is 2.90. The minimum Gasteiger partial charge on any atom is -0.296 e.